The van der Waals surface area contributed by atoms with Crippen LogP contribution in [0.15, 0.2) is 24.4 Å². The molecule has 3 nitrogen and oxygen atoms in total. The summed E-state index contributed by atoms with van der Waals surface area (Å²) in [6.45, 7) is 0. The maximum atomic E-state index is 11.0. The summed E-state index contributed by atoms with van der Waals surface area (Å²) in [5, 5.41) is 0. The van der Waals surface area contributed by atoms with Crippen molar-refractivity contribution in [1.29, 1.82) is 0 Å². The molecule has 0 spiro atoms. The Labute approximate surface area is 76.6 Å². The Morgan fingerprint density at radius 1 is 1.69 bits per heavy atom. The van der Waals surface area contributed by atoms with Gasteiger partial charge in [0, 0.05) is 11.9 Å². The molecule has 3 heteroatoms. The minimum Gasteiger partial charge on any atom is -0.469 e. The van der Waals surface area contributed by atoms with Gasteiger partial charge in [0.2, 0.25) is 0 Å². The number of hydrogen-bond donors (Lipinski definition) is 0. The van der Waals surface area contributed by atoms with E-state index in [2.05, 4.69) is 9.30 Å². The highest BCUT2D eigenvalue weighted by atomic mass is 16.5. The number of rotatable bonds is 2. The lowest BCUT2D eigenvalue weighted by Crippen LogP contribution is -2.10. The van der Waals surface area contributed by atoms with E-state index >= 15 is 0 Å². The van der Waals surface area contributed by atoms with Crippen LogP contribution >= 0.6 is 0 Å². The van der Waals surface area contributed by atoms with Gasteiger partial charge in [0.15, 0.2) is 0 Å². The van der Waals surface area contributed by atoms with E-state index in [-0.39, 0.29) is 12.0 Å². The van der Waals surface area contributed by atoms with E-state index in [9.17, 15) is 4.79 Å². The van der Waals surface area contributed by atoms with Gasteiger partial charge in [-0.05, 0) is 18.2 Å². The zero-order chi connectivity index (χ0) is 9.26. The number of ether oxygens (including phenoxy) is 1. The van der Waals surface area contributed by atoms with E-state index in [1.54, 1.807) is 0 Å². The summed E-state index contributed by atoms with van der Waals surface area (Å²) in [5.74, 6) is -0.170. The molecule has 1 aliphatic rings. The van der Waals surface area contributed by atoms with Crippen LogP contribution in [0.5, 0.6) is 0 Å². The van der Waals surface area contributed by atoms with Crippen LogP contribution in [0, 0.1) is 0 Å². The first-order valence-electron chi connectivity index (χ1n) is 4.23. The fourth-order valence-corrected chi connectivity index (χ4v) is 1.57. The van der Waals surface area contributed by atoms with Crippen molar-refractivity contribution in [3.8, 4) is 0 Å². The number of carbonyl (C=O) groups excluding carboxylic acids is 1. The maximum Gasteiger partial charge on any atom is 0.307 e. The SMILES string of the molecule is COC(=O)CC1C=Cc2cccn21. The molecule has 1 aliphatic heterocycles. The second-order valence-electron chi connectivity index (χ2n) is 3.05. The van der Waals surface area contributed by atoms with Gasteiger partial charge in [-0.1, -0.05) is 6.08 Å². The van der Waals surface area contributed by atoms with E-state index in [0.717, 1.165) is 5.69 Å². The lowest BCUT2D eigenvalue weighted by molar-refractivity contribution is -0.141. The van der Waals surface area contributed by atoms with Gasteiger partial charge in [-0.15, -0.1) is 0 Å². The largest absolute Gasteiger partial charge is 0.469 e. The minimum absolute atomic E-state index is 0.137. The zero-order valence-corrected chi connectivity index (χ0v) is 7.43. The molecule has 1 aromatic rings. The van der Waals surface area contributed by atoms with Gasteiger partial charge >= 0.3 is 5.97 Å². The monoisotopic (exact) mass is 177 g/mol. The van der Waals surface area contributed by atoms with Crippen molar-refractivity contribution in [3.05, 3.63) is 30.1 Å². The Morgan fingerprint density at radius 3 is 3.31 bits per heavy atom. The molecule has 0 aliphatic carbocycles. The van der Waals surface area contributed by atoms with E-state index in [1.165, 1.54) is 7.11 Å². The molecule has 0 saturated carbocycles. The molecule has 2 heterocycles. The number of nitrogens with zero attached hydrogens (tertiary/aromatic N) is 1. The summed E-state index contributed by atoms with van der Waals surface area (Å²) >= 11 is 0. The van der Waals surface area contributed by atoms with Crippen molar-refractivity contribution >= 4 is 12.0 Å². The Hall–Kier alpha value is -1.51. The number of esters is 1. The van der Waals surface area contributed by atoms with Crippen molar-refractivity contribution in [2.24, 2.45) is 0 Å². The van der Waals surface area contributed by atoms with Crippen molar-refractivity contribution < 1.29 is 9.53 Å². The molecular formula is C10H11NO2. The van der Waals surface area contributed by atoms with Gasteiger partial charge in [0.05, 0.1) is 19.6 Å². The van der Waals surface area contributed by atoms with Crippen LogP contribution < -0.4 is 0 Å². The molecule has 1 atom stereocenters. The van der Waals surface area contributed by atoms with E-state index in [0.29, 0.717) is 6.42 Å². The topological polar surface area (TPSA) is 31.2 Å². The van der Waals surface area contributed by atoms with Crippen LogP contribution in [0.25, 0.3) is 6.08 Å². The van der Waals surface area contributed by atoms with Gasteiger partial charge in [-0.25, -0.2) is 0 Å². The smallest absolute Gasteiger partial charge is 0.307 e. The lowest BCUT2D eigenvalue weighted by atomic mass is 10.2. The summed E-state index contributed by atoms with van der Waals surface area (Å²) in [7, 11) is 1.41. The van der Waals surface area contributed by atoms with Crippen LogP contribution in [0.2, 0.25) is 0 Å². The van der Waals surface area contributed by atoms with Gasteiger partial charge in [-0.2, -0.15) is 0 Å². The number of carbonyl (C=O) groups is 1. The quantitative estimate of drug-likeness (QED) is 0.643. The third-order valence-electron chi connectivity index (χ3n) is 2.26. The van der Waals surface area contributed by atoms with Crippen LogP contribution in [-0.4, -0.2) is 17.6 Å². The normalized spacial score (nSPS) is 18.7. The number of methoxy groups -OCH3 is 1. The molecule has 1 aromatic heterocycles. The number of allylic oxidation sites excluding steroid dienone is 1. The highest BCUT2D eigenvalue weighted by Crippen LogP contribution is 2.25. The Bertz CT molecular complexity index is 352. The Balaban J connectivity index is 2.13. The van der Waals surface area contributed by atoms with Gasteiger partial charge in [-0.3, -0.25) is 4.79 Å². The Morgan fingerprint density at radius 2 is 2.54 bits per heavy atom. The predicted molar refractivity (Wildman–Crippen MR) is 49.1 cm³/mol. The first-order valence-corrected chi connectivity index (χ1v) is 4.23. The minimum atomic E-state index is -0.170. The van der Waals surface area contributed by atoms with Crippen molar-refractivity contribution in [2.45, 2.75) is 12.5 Å². The van der Waals surface area contributed by atoms with E-state index in [4.69, 9.17) is 0 Å². The fraction of sp³-hybridized carbons (Fsp3) is 0.300. The molecule has 0 fully saturated rings. The summed E-state index contributed by atoms with van der Waals surface area (Å²) in [4.78, 5) is 11.0. The molecule has 0 radical (unpaired) electrons. The zero-order valence-electron chi connectivity index (χ0n) is 7.43. The average molecular weight is 177 g/mol. The highest BCUT2D eigenvalue weighted by molar-refractivity contribution is 5.71. The molecule has 0 amide bonds. The first kappa shape index (κ1) is 8.10. The van der Waals surface area contributed by atoms with E-state index < -0.39 is 0 Å². The second kappa shape index (κ2) is 3.09. The van der Waals surface area contributed by atoms with Crippen molar-refractivity contribution in [2.75, 3.05) is 7.11 Å². The molecular weight excluding hydrogens is 166 g/mol. The predicted octanol–water partition coefficient (Wildman–Crippen LogP) is 1.62. The lowest BCUT2D eigenvalue weighted by Gasteiger charge is -2.10. The highest BCUT2D eigenvalue weighted by Gasteiger charge is 2.18. The molecule has 0 saturated heterocycles. The molecule has 0 bridgehead atoms. The summed E-state index contributed by atoms with van der Waals surface area (Å²) in [5.41, 5.74) is 1.15. The second-order valence-corrected chi connectivity index (χ2v) is 3.05. The van der Waals surface area contributed by atoms with Crippen LogP contribution in [0.1, 0.15) is 18.2 Å². The standard InChI is InChI=1S/C10H11NO2/c1-13-10(12)7-9-5-4-8-3-2-6-11(8)9/h2-6,9H,7H2,1H3. The number of fused-ring (bicyclic) bond motifs is 1. The van der Waals surface area contributed by atoms with Crippen LogP contribution in [0.3, 0.4) is 0 Å². The van der Waals surface area contributed by atoms with Crippen molar-refractivity contribution in [3.63, 3.8) is 0 Å². The van der Waals surface area contributed by atoms with Gasteiger partial charge < -0.3 is 9.30 Å². The molecule has 2 rings (SSSR count). The molecule has 1 unspecified atom stereocenters. The molecule has 13 heavy (non-hydrogen) atoms. The molecule has 0 aromatic carbocycles. The third-order valence-corrected chi connectivity index (χ3v) is 2.26. The summed E-state index contributed by atoms with van der Waals surface area (Å²) in [6, 6.07) is 4.13. The van der Waals surface area contributed by atoms with Gasteiger partial charge in [0.25, 0.3) is 0 Å². The number of hydrogen-bond acceptors (Lipinski definition) is 2. The fourth-order valence-electron chi connectivity index (χ4n) is 1.57. The van der Waals surface area contributed by atoms with Crippen LogP contribution in [-0.2, 0) is 9.53 Å². The van der Waals surface area contributed by atoms with Crippen LogP contribution in [0.4, 0.5) is 0 Å². The van der Waals surface area contributed by atoms with E-state index in [1.807, 2.05) is 30.5 Å². The van der Waals surface area contributed by atoms with Crippen molar-refractivity contribution in [1.82, 2.24) is 4.57 Å². The summed E-state index contributed by atoms with van der Waals surface area (Å²) < 4.78 is 6.68. The Kier molecular flexibility index (Phi) is 1.93. The maximum absolute atomic E-state index is 11.0. The van der Waals surface area contributed by atoms with Gasteiger partial charge in [0.1, 0.15) is 0 Å². The first-order chi connectivity index (χ1) is 6.31. The summed E-state index contributed by atoms with van der Waals surface area (Å²) in [6.07, 6.45) is 6.43. The number of aromatic nitrogens is 1. The average Bonchev–Trinajstić information content (AvgIpc) is 2.69. The molecule has 0 N–H and O–H groups in total. The molecule has 68 valence electrons. The third kappa shape index (κ3) is 1.37.